The topological polar surface area (TPSA) is 65.0 Å². The van der Waals surface area contributed by atoms with E-state index in [0.29, 0.717) is 37.7 Å². The van der Waals surface area contributed by atoms with E-state index in [1.165, 1.54) is 0 Å². The molecule has 20 heavy (non-hydrogen) atoms. The van der Waals surface area contributed by atoms with Crippen LogP contribution < -0.4 is 9.47 Å². The van der Waals surface area contributed by atoms with Gasteiger partial charge in [0.25, 0.3) is 0 Å². The van der Waals surface area contributed by atoms with Crippen LogP contribution in [-0.2, 0) is 9.53 Å². The lowest BCUT2D eigenvalue weighted by Gasteiger charge is -2.20. The molecule has 0 radical (unpaired) electrons. The summed E-state index contributed by atoms with van der Waals surface area (Å²) in [5.74, 6) is 1.05. The average Bonchev–Trinajstić information content (AvgIpc) is 2.50. The number of aliphatic hydroxyl groups excluding tert-OH is 1. The van der Waals surface area contributed by atoms with Crippen molar-refractivity contribution in [2.45, 2.75) is 32.3 Å². The quantitative estimate of drug-likeness (QED) is 0.809. The molecule has 1 atom stereocenters. The summed E-state index contributed by atoms with van der Waals surface area (Å²) in [4.78, 5) is 11.4. The largest absolute Gasteiger partial charge is 0.486 e. The summed E-state index contributed by atoms with van der Waals surface area (Å²) in [6.07, 6.45) is 0.633. The molecule has 1 aromatic rings. The molecule has 0 amide bonds. The van der Waals surface area contributed by atoms with E-state index in [-0.39, 0.29) is 12.4 Å². The van der Waals surface area contributed by atoms with Crippen LogP contribution in [0.25, 0.3) is 0 Å². The van der Waals surface area contributed by atoms with Crippen LogP contribution in [-0.4, -0.2) is 30.9 Å². The first kappa shape index (κ1) is 14.7. The predicted octanol–water partition coefficient (Wildman–Crippen LogP) is 2.22. The monoisotopic (exact) mass is 280 g/mol. The number of carbonyl (C=O) groups is 1. The zero-order chi connectivity index (χ0) is 14.4. The van der Waals surface area contributed by atoms with Gasteiger partial charge >= 0.3 is 5.97 Å². The van der Waals surface area contributed by atoms with Crippen LogP contribution in [0.2, 0.25) is 0 Å². The van der Waals surface area contributed by atoms with Crippen LogP contribution in [0, 0.1) is 0 Å². The zero-order valence-corrected chi connectivity index (χ0v) is 11.6. The van der Waals surface area contributed by atoms with Crippen LogP contribution in [0.15, 0.2) is 18.2 Å². The van der Waals surface area contributed by atoms with Gasteiger partial charge in [-0.2, -0.15) is 0 Å². The minimum Gasteiger partial charge on any atom is -0.486 e. The van der Waals surface area contributed by atoms with Crippen molar-refractivity contribution in [2.75, 3.05) is 19.8 Å². The minimum atomic E-state index is -0.708. The first-order valence-electron chi connectivity index (χ1n) is 6.94. The highest BCUT2D eigenvalue weighted by atomic mass is 16.6. The molecule has 0 saturated heterocycles. The third kappa shape index (κ3) is 3.87. The van der Waals surface area contributed by atoms with Gasteiger partial charge in [-0.05, 0) is 30.5 Å². The highest BCUT2D eigenvalue weighted by Crippen LogP contribution is 2.33. The normalized spacial score (nSPS) is 14.7. The number of esters is 1. The van der Waals surface area contributed by atoms with Crippen LogP contribution in [0.5, 0.6) is 11.5 Å². The lowest BCUT2D eigenvalue weighted by molar-refractivity contribution is -0.144. The summed E-state index contributed by atoms with van der Waals surface area (Å²) in [5, 5.41) is 10.1. The molecule has 0 saturated carbocycles. The van der Waals surface area contributed by atoms with Gasteiger partial charge in [0.1, 0.15) is 13.2 Å². The molecular formula is C15H20O5. The van der Waals surface area contributed by atoms with E-state index < -0.39 is 6.10 Å². The average molecular weight is 280 g/mol. The molecule has 0 fully saturated rings. The predicted molar refractivity (Wildman–Crippen MR) is 72.9 cm³/mol. The molecule has 5 nitrogen and oxygen atoms in total. The second-order valence-electron chi connectivity index (χ2n) is 4.68. The molecule has 0 aromatic heterocycles. The van der Waals surface area contributed by atoms with Crippen LogP contribution in [0.3, 0.4) is 0 Å². The van der Waals surface area contributed by atoms with Crippen LogP contribution in [0.4, 0.5) is 0 Å². The van der Waals surface area contributed by atoms with Gasteiger partial charge in [0.05, 0.1) is 12.7 Å². The minimum absolute atomic E-state index is 0.204. The Labute approximate surface area is 118 Å². The molecule has 1 aliphatic rings. The van der Waals surface area contributed by atoms with Crippen molar-refractivity contribution < 1.29 is 24.1 Å². The fourth-order valence-corrected chi connectivity index (χ4v) is 1.98. The van der Waals surface area contributed by atoms with E-state index in [9.17, 15) is 9.90 Å². The lowest BCUT2D eigenvalue weighted by Crippen LogP contribution is -2.15. The fourth-order valence-electron chi connectivity index (χ4n) is 1.98. The van der Waals surface area contributed by atoms with Crippen LogP contribution >= 0.6 is 0 Å². The van der Waals surface area contributed by atoms with Crippen LogP contribution in [0.1, 0.15) is 37.9 Å². The molecule has 2 rings (SSSR count). The maximum absolute atomic E-state index is 11.4. The van der Waals surface area contributed by atoms with Crippen molar-refractivity contribution >= 4 is 5.97 Å². The zero-order valence-electron chi connectivity index (χ0n) is 11.6. The van der Waals surface area contributed by atoms with Crippen molar-refractivity contribution in [1.82, 2.24) is 0 Å². The number of rotatable bonds is 6. The number of fused-ring (bicyclic) bond motifs is 1. The fraction of sp³-hybridized carbons (Fsp3) is 0.533. The summed E-state index contributed by atoms with van der Waals surface area (Å²) in [6, 6.07) is 5.33. The van der Waals surface area contributed by atoms with Crippen molar-refractivity contribution in [1.29, 1.82) is 0 Å². The van der Waals surface area contributed by atoms with Gasteiger partial charge in [-0.3, -0.25) is 4.79 Å². The van der Waals surface area contributed by atoms with Gasteiger partial charge in [-0.25, -0.2) is 0 Å². The third-order valence-electron chi connectivity index (χ3n) is 3.04. The van der Waals surface area contributed by atoms with E-state index in [1.54, 1.807) is 18.2 Å². The molecule has 1 heterocycles. The van der Waals surface area contributed by atoms with E-state index in [4.69, 9.17) is 14.2 Å². The molecule has 1 N–H and O–H groups in total. The number of benzene rings is 1. The summed E-state index contributed by atoms with van der Waals surface area (Å²) >= 11 is 0. The Hall–Kier alpha value is -1.75. The van der Waals surface area contributed by atoms with Gasteiger partial charge in [0.15, 0.2) is 11.5 Å². The summed E-state index contributed by atoms with van der Waals surface area (Å²) < 4.78 is 15.9. The molecule has 5 heteroatoms. The number of hydrogen-bond donors (Lipinski definition) is 1. The molecule has 1 aromatic carbocycles. The van der Waals surface area contributed by atoms with E-state index >= 15 is 0 Å². The SMILES string of the molecule is CCCOC(=O)CCC(O)c1ccc2c(c1)OCCO2. The Kier molecular flexibility index (Phi) is 5.24. The molecule has 0 spiro atoms. The first-order valence-corrected chi connectivity index (χ1v) is 6.94. The number of hydrogen-bond acceptors (Lipinski definition) is 5. The van der Waals surface area contributed by atoms with Gasteiger partial charge in [0.2, 0.25) is 0 Å². The maximum atomic E-state index is 11.4. The second-order valence-corrected chi connectivity index (χ2v) is 4.68. The lowest BCUT2D eigenvalue weighted by atomic mass is 10.0. The highest BCUT2D eigenvalue weighted by molar-refractivity contribution is 5.69. The van der Waals surface area contributed by atoms with E-state index in [1.807, 2.05) is 6.92 Å². The van der Waals surface area contributed by atoms with Gasteiger partial charge in [-0.1, -0.05) is 13.0 Å². The highest BCUT2D eigenvalue weighted by Gasteiger charge is 2.16. The number of aliphatic hydroxyl groups is 1. The van der Waals surface area contributed by atoms with E-state index in [0.717, 1.165) is 12.0 Å². The summed E-state index contributed by atoms with van der Waals surface area (Å²) in [5.41, 5.74) is 0.720. The van der Waals surface area contributed by atoms with Gasteiger partial charge in [0, 0.05) is 6.42 Å². The second kappa shape index (κ2) is 7.14. The standard InChI is InChI=1S/C15H20O5/c1-2-7-20-15(17)6-4-12(16)11-3-5-13-14(10-11)19-9-8-18-13/h3,5,10,12,16H,2,4,6-9H2,1H3. The van der Waals surface area contributed by atoms with Crippen molar-refractivity contribution in [3.8, 4) is 11.5 Å². The molecule has 0 aliphatic carbocycles. The Bertz CT molecular complexity index is 458. The Morgan fingerprint density at radius 1 is 1.35 bits per heavy atom. The molecule has 1 unspecified atom stereocenters. The third-order valence-corrected chi connectivity index (χ3v) is 3.04. The van der Waals surface area contributed by atoms with Crippen molar-refractivity contribution in [3.05, 3.63) is 23.8 Å². The van der Waals surface area contributed by atoms with Gasteiger partial charge < -0.3 is 19.3 Å². The summed E-state index contributed by atoms with van der Waals surface area (Å²) in [7, 11) is 0. The molecule has 1 aliphatic heterocycles. The Balaban J connectivity index is 1.89. The number of carbonyl (C=O) groups excluding carboxylic acids is 1. The number of ether oxygens (including phenoxy) is 3. The Morgan fingerprint density at radius 2 is 2.10 bits per heavy atom. The van der Waals surface area contributed by atoms with Crippen molar-refractivity contribution in [3.63, 3.8) is 0 Å². The molecule has 110 valence electrons. The van der Waals surface area contributed by atoms with Crippen molar-refractivity contribution in [2.24, 2.45) is 0 Å². The molecule has 0 bridgehead atoms. The first-order chi connectivity index (χ1) is 9.70. The van der Waals surface area contributed by atoms with Gasteiger partial charge in [-0.15, -0.1) is 0 Å². The Morgan fingerprint density at radius 3 is 2.85 bits per heavy atom. The van der Waals surface area contributed by atoms with E-state index in [2.05, 4.69) is 0 Å². The molecular weight excluding hydrogens is 260 g/mol. The summed E-state index contributed by atoms with van der Waals surface area (Å²) in [6.45, 7) is 3.42. The smallest absolute Gasteiger partial charge is 0.305 e. The maximum Gasteiger partial charge on any atom is 0.305 e.